The van der Waals surface area contributed by atoms with Crippen LogP contribution in [0.1, 0.15) is 29.8 Å². The Morgan fingerprint density at radius 1 is 1.13 bits per heavy atom. The predicted molar refractivity (Wildman–Crippen MR) is 105 cm³/mol. The lowest BCUT2D eigenvalue weighted by molar-refractivity contribution is -0.274. The van der Waals surface area contributed by atoms with E-state index in [4.69, 9.17) is 0 Å². The molecule has 164 valence electrons. The molecule has 0 radical (unpaired) electrons. The molecular formula is C20H21F3N6O2. The van der Waals surface area contributed by atoms with E-state index in [-0.39, 0.29) is 18.0 Å². The summed E-state index contributed by atoms with van der Waals surface area (Å²) in [6.07, 6.45) is -0.471. The molecule has 0 bridgehead atoms. The monoisotopic (exact) mass is 434 g/mol. The van der Waals surface area contributed by atoms with Crippen molar-refractivity contribution < 1.29 is 22.7 Å². The van der Waals surface area contributed by atoms with Gasteiger partial charge >= 0.3 is 6.36 Å². The van der Waals surface area contributed by atoms with E-state index in [0.29, 0.717) is 5.56 Å². The molecule has 0 atom stereocenters. The van der Waals surface area contributed by atoms with E-state index in [0.717, 1.165) is 37.2 Å². The van der Waals surface area contributed by atoms with Crippen molar-refractivity contribution in [1.82, 2.24) is 25.2 Å². The number of anilines is 1. The van der Waals surface area contributed by atoms with Gasteiger partial charge in [-0.1, -0.05) is 17.3 Å². The quantitative estimate of drug-likeness (QED) is 0.518. The Labute approximate surface area is 176 Å². The summed E-state index contributed by atoms with van der Waals surface area (Å²) >= 11 is 0. The molecule has 0 unspecified atom stereocenters. The maximum atomic E-state index is 12.3. The van der Waals surface area contributed by atoms with Gasteiger partial charge < -0.3 is 10.1 Å². The van der Waals surface area contributed by atoms with Crippen LogP contribution in [0, 0.1) is 6.92 Å². The predicted octanol–water partition coefficient (Wildman–Crippen LogP) is 3.48. The first-order valence-corrected chi connectivity index (χ1v) is 9.61. The molecular weight excluding hydrogens is 413 g/mol. The van der Waals surface area contributed by atoms with Crippen molar-refractivity contribution >= 4 is 11.7 Å². The molecule has 1 N–H and O–H groups in total. The lowest BCUT2D eigenvalue weighted by Crippen LogP contribution is -2.18. The van der Waals surface area contributed by atoms with Gasteiger partial charge in [0.15, 0.2) is 5.82 Å². The van der Waals surface area contributed by atoms with Crippen LogP contribution in [-0.2, 0) is 24.2 Å². The number of hydrogen-bond donors (Lipinski definition) is 1. The smallest absolute Gasteiger partial charge is 0.406 e. The average Bonchev–Trinajstić information content (AvgIpc) is 3.10. The van der Waals surface area contributed by atoms with Crippen LogP contribution in [0.15, 0.2) is 42.6 Å². The molecule has 0 aliphatic carbocycles. The lowest BCUT2D eigenvalue weighted by Gasteiger charge is -2.10. The molecule has 0 fully saturated rings. The van der Waals surface area contributed by atoms with Crippen LogP contribution in [0.3, 0.4) is 0 Å². The number of benzene rings is 1. The minimum atomic E-state index is -4.78. The van der Waals surface area contributed by atoms with Crippen LogP contribution < -0.4 is 10.1 Å². The number of rotatable bonds is 9. The van der Waals surface area contributed by atoms with Gasteiger partial charge in [-0.15, -0.1) is 23.4 Å². The van der Waals surface area contributed by atoms with Crippen molar-refractivity contribution in [3.05, 3.63) is 59.5 Å². The number of alkyl halides is 3. The maximum absolute atomic E-state index is 12.3. The van der Waals surface area contributed by atoms with E-state index in [2.05, 4.69) is 30.6 Å². The van der Waals surface area contributed by atoms with Crippen molar-refractivity contribution in [2.24, 2.45) is 0 Å². The summed E-state index contributed by atoms with van der Waals surface area (Å²) in [4.78, 5) is 12.2. The van der Waals surface area contributed by atoms with E-state index in [1.807, 2.05) is 13.1 Å². The molecule has 3 rings (SSSR count). The normalized spacial score (nSPS) is 11.4. The van der Waals surface area contributed by atoms with Crippen molar-refractivity contribution in [1.29, 1.82) is 0 Å². The summed E-state index contributed by atoms with van der Waals surface area (Å²) in [6, 6.07) is 8.69. The number of hydrogen-bond acceptors (Lipinski definition) is 6. The summed E-state index contributed by atoms with van der Waals surface area (Å²) in [5.74, 6) is -0.523. The number of aromatic nitrogens is 5. The van der Waals surface area contributed by atoms with Gasteiger partial charge in [0.05, 0.1) is 17.8 Å². The molecule has 2 aromatic heterocycles. The third-order valence-electron chi connectivity index (χ3n) is 4.21. The Bertz CT molecular complexity index is 1000. The van der Waals surface area contributed by atoms with Crippen molar-refractivity contribution in [2.75, 3.05) is 5.32 Å². The highest BCUT2D eigenvalue weighted by Gasteiger charge is 2.31. The molecule has 1 amide bonds. The van der Waals surface area contributed by atoms with E-state index in [1.54, 1.807) is 16.8 Å². The van der Waals surface area contributed by atoms with Crippen molar-refractivity contribution in [3.63, 3.8) is 0 Å². The zero-order valence-corrected chi connectivity index (χ0v) is 16.8. The number of carbonyl (C=O) groups is 1. The number of carbonyl (C=O) groups excluding carboxylic acids is 1. The van der Waals surface area contributed by atoms with Gasteiger partial charge in [0.1, 0.15) is 5.75 Å². The van der Waals surface area contributed by atoms with Gasteiger partial charge in [-0.05, 0) is 56.0 Å². The maximum Gasteiger partial charge on any atom is 0.573 e. The van der Waals surface area contributed by atoms with Crippen LogP contribution >= 0.6 is 0 Å². The fourth-order valence-corrected chi connectivity index (χ4v) is 2.87. The number of aryl methyl sites for hydroxylation is 3. The van der Waals surface area contributed by atoms with Gasteiger partial charge in [-0.3, -0.25) is 9.48 Å². The van der Waals surface area contributed by atoms with E-state index >= 15 is 0 Å². The minimum absolute atomic E-state index is 0.125. The van der Waals surface area contributed by atoms with Crippen LogP contribution in [0.25, 0.3) is 0 Å². The number of ether oxygens (including phenoxy) is 1. The van der Waals surface area contributed by atoms with Crippen LogP contribution in [0.2, 0.25) is 0 Å². The fourth-order valence-electron chi connectivity index (χ4n) is 2.87. The Morgan fingerprint density at radius 3 is 2.65 bits per heavy atom. The first kappa shape index (κ1) is 22.2. The molecule has 0 saturated heterocycles. The number of amides is 1. The Kier molecular flexibility index (Phi) is 7.16. The lowest BCUT2D eigenvalue weighted by atomic mass is 10.1. The van der Waals surface area contributed by atoms with Gasteiger partial charge in [-0.2, -0.15) is 5.10 Å². The van der Waals surface area contributed by atoms with Crippen LogP contribution in [0.4, 0.5) is 19.0 Å². The zero-order chi connectivity index (χ0) is 22.3. The number of unbranched alkanes of at least 4 members (excludes halogenated alkanes) is 1. The largest absolute Gasteiger partial charge is 0.573 e. The number of halogens is 3. The number of nitrogens with zero attached hydrogens (tertiary/aromatic N) is 5. The highest BCUT2D eigenvalue weighted by molar-refractivity contribution is 5.91. The topological polar surface area (TPSA) is 94.8 Å². The van der Waals surface area contributed by atoms with Gasteiger partial charge in [-0.25, -0.2) is 0 Å². The Morgan fingerprint density at radius 2 is 1.97 bits per heavy atom. The first-order chi connectivity index (χ1) is 14.8. The van der Waals surface area contributed by atoms with Gasteiger partial charge in [0.25, 0.3) is 0 Å². The molecule has 2 heterocycles. The first-order valence-electron chi connectivity index (χ1n) is 9.61. The molecule has 0 spiro atoms. The Hall–Kier alpha value is -3.50. The highest BCUT2D eigenvalue weighted by atomic mass is 19.4. The molecule has 0 saturated carbocycles. The Balaban J connectivity index is 1.44. The number of nitrogens with one attached hydrogen (secondary N) is 1. The van der Waals surface area contributed by atoms with Crippen molar-refractivity contribution in [2.45, 2.75) is 45.5 Å². The third kappa shape index (κ3) is 7.68. The molecule has 1 aromatic carbocycles. The third-order valence-corrected chi connectivity index (χ3v) is 4.21. The zero-order valence-electron chi connectivity index (χ0n) is 16.8. The molecule has 31 heavy (non-hydrogen) atoms. The summed E-state index contributed by atoms with van der Waals surface area (Å²) in [5.41, 5.74) is 2.06. The van der Waals surface area contributed by atoms with Gasteiger partial charge in [0, 0.05) is 12.7 Å². The summed E-state index contributed by atoms with van der Waals surface area (Å²) in [6.45, 7) is 2.66. The van der Waals surface area contributed by atoms with E-state index in [1.165, 1.54) is 24.3 Å². The highest BCUT2D eigenvalue weighted by Crippen LogP contribution is 2.23. The minimum Gasteiger partial charge on any atom is -0.406 e. The summed E-state index contributed by atoms with van der Waals surface area (Å²) in [7, 11) is 0. The molecule has 0 aliphatic heterocycles. The van der Waals surface area contributed by atoms with Crippen molar-refractivity contribution in [3.8, 4) is 5.75 Å². The molecule has 11 heteroatoms. The standard InChI is InChI=1S/C20H21F3N6O2/c1-14-13-29(28-25-14)10-3-2-6-16-8-9-18(27-26-16)24-19(30)12-15-5-4-7-17(11-15)31-20(21,22)23/h4-5,7-9,11,13H,2-3,6,10,12H2,1H3,(H,24,27,30). The van der Waals surface area contributed by atoms with E-state index < -0.39 is 12.3 Å². The summed E-state index contributed by atoms with van der Waals surface area (Å²) < 4.78 is 42.6. The molecule has 0 aliphatic rings. The van der Waals surface area contributed by atoms with Crippen LogP contribution in [-0.4, -0.2) is 37.5 Å². The second kappa shape index (κ2) is 10.0. The second-order valence-corrected chi connectivity index (χ2v) is 6.91. The van der Waals surface area contributed by atoms with Crippen LogP contribution in [0.5, 0.6) is 5.75 Å². The summed E-state index contributed by atoms with van der Waals surface area (Å²) in [5, 5.41) is 18.6. The second-order valence-electron chi connectivity index (χ2n) is 6.91. The SMILES string of the molecule is Cc1cn(CCCCc2ccc(NC(=O)Cc3cccc(OC(F)(F)F)c3)nn2)nn1. The molecule has 3 aromatic rings. The van der Waals surface area contributed by atoms with E-state index in [9.17, 15) is 18.0 Å². The average molecular weight is 434 g/mol. The molecule has 8 nitrogen and oxygen atoms in total. The fraction of sp³-hybridized carbons (Fsp3) is 0.350. The van der Waals surface area contributed by atoms with Gasteiger partial charge in [0.2, 0.25) is 5.91 Å².